The number of hydrogen-bond donors (Lipinski definition) is 1. The first-order valence-corrected chi connectivity index (χ1v) is 8.42. The molecule has 0 bridgehead atoms. The molecule has 1 atom stereocenters. The third-order valence-corrected chi connectivity index (χ3v) is 4.72. The van der Waals surface area contributed by atoms with E-state index in [0.29, 0.717) is 23.6 Å². The van der Waals surface area contributed by atoms with Gasteiger partial charge in [-0.05, 0) is 36.2 Å². The van der Waals surface area contributed by atoms with Gasteiger partial charge in [0.1, 0.15) is 0 Å². The van der Waals surface area contributed by atoms with Gasteiger partial charge >= 0.3 is 5.97 Å². The van der Waals surface area contributed by atoms with Crippen LogP contribution in [-0.2, 0) is 11.2 Å². The maximum Gasteiger partial charge on any atom is 0.336 e. The maximum atomic E-state index is 11.5. The third kappa shape index (κ3) is 2.99. The van der Waals surface area contributed by atoms with Gasteiger partial charge in [0, 0.05) is 35.8 Å². The minimum atomic E-state index is -0.969. The Morgan fingerprint density at radius 2 is 2.28 bits per heavy atom. The molecule has 7 heteroatoms. The van der Waals surface area contributed by atoms with Crippen molar-refractivity contribution in [3.8, 4) is 0 Å². The highest BCUT2D eigenvalue weighted by Crippen LogP contribution is 2.30. The average Bonchev–Trinajstić information content (AvgIpc) is 3.23. The number of halogens is 1. The molecular weight excluding hydrogens is 342 g/mol. The van der Waals surface area contributed by atoms with E-state index in [1.807, 2.05) is 22.9 Å². The molecule has 1 saturated heterocycles. The molecule has 128 valence electrons. The lowest BCUT2D eigenvalue weighted by Crippen LogP contribution is -2.10. The Kier molecular flexibility index (Phi) is 4.15. The number of benzene rings is 1. The molecule has 1 N–H and O–H groups in total. The number of hydrogen-bond acceptors (Lipinski definition) is 4. The molecule has 1 aliphatic rings. The summed E-state index contributed by atoms with van der Waals surface area (Å²) in [5.74, 6) is -0.969. The van der Waals surface area contributed by atoms with Crippen LogP contribution in [0.4, 0.5) is 0 Å². The van der Waals surface area contributed by atoms with Crippen LogP contribution in [-0.4, -0.2) is 39.1 Å². The van der Waals surface area contributed by atoms with Crippen molar-refractivity contribution in [2.24, 2.45) is 0 Å². The van der Waals surface area contributed by atoms with Crippen LogP contribution in [0.2, 0.25) is 5.02 Å². The number of nitrogens with zero attached hydrogens (tertiary/aromatic N) is 3. The molecule has 4 rings (SSSR count). The number of carboxylic acids is 1. The number of carbonyl (C=O) groups is 1. The molecule has 0 radical (unpaired) electrons. The highest BCUT2D eigenvalue weighted by atomic mass is 35.5. The summed E-state index contributed by atoms with van der Waals surface area (Å²) >= 11 is 6.18. The number of rotatable bonds is 4. The van der Waals surface area contributed by atoms with Crippen LogP contribution in [0, 0.1) is 0 Å². The van der Waals surface area contributed by atoms with E-state index in [2.05, 4.69) is 4.98 Å². The number of carboxylic acid groups (broad SMARTS) is 1. The summed E-state index contributed by atoms with van der Waals surface area (Å²) in [4.78, 5) is 15.5. The second-order valence-electron chi connectivity index (χ2n) is 6.08. The first kappa shape index (κ1) is 16.1. The van der Waals surface area contributed by atoms with Gasteiger partial charge in [0.2, 0.25) is 0 Å². The fraction of sp³-hybridized carbons (Fsp3) is 0.278. The van der Waals surface area contributed by atoms with E-state index in [1.165, 1.54) is 12.3 Å². The van der Waals surface area contributed by atoms with E-state index in [-0.39, 0.29) is 11.6 Å². The van der Waals surface area contributed by atoms with Crippen LogP contribution in [0.15, 0.2) is 36.7 Å². The minimum Gasteiger partial charge on any atom is -0.478 e. The summed E-state index contributed by atoms with van der Waals surface area (Å²) in [5.41, 5.74) is 2.64. The van der Waals surface area contributed by atoms with E-state index in [0.717, 1.165) is 29.6 Å². The molecule has 3 aromatic rings. The minimum absolute atomic E-state index is 0.185. The van der Waals surface area contributed by atoms with Crippen LogP contribution in [0.3, 0.4) is 0 Å². The van der Waals surface area contributed by atoms with Gasteiger partial charge < -0.3 is 9.84 Å². The number of aromatic carboxylic acids is 1. The predicted molar refractivity (Wildman–Crippen MR) is 93.2 cm³/mol. The fourth-order valence-electron chi connectivity index (χ4n) is 3.26. The molecule has 1 aliphatic heterocycles. The highest BCUT2D eigenvalue weighted by Gasteiger charge is 2.23. The molecular formula is C18H16ClN3O3. The lowest BCUT2D eigenvalue weighted by molar-refractivity contribution is 0.0695. The summed E-state index contributed by atoms with van der Waals surface area (Å²) < 4.78 is 7.46. The molecule has 0 amide bonds. The van der Waals surface area contributed by atoms with E-state index in [9.17, 15) is 9.90 Å². The van der Waals surface area contributed by atoms with Crippen molar-refractivity contribution < 1.29 is 14.6 Å². The number of pyridine rings is 1. The first-order valence-electron chi connectivity index (χ1n) is 8.04. The zero-order valence-electron chi connectivity index (χ0n) is 13.4. The lowest BCUT2D eigenvalue weighted by Gasteiger charge is -2.09. The normalized spacial score (nSPS) is 17.2. The van der Waals surface area contributed by atoms with Gasteiger partial charge in [0.15, 0.2) is 0 Å². The molecule has 3 heterocycles. The Morgan fingerprint density at radius 3 is 3.04 bits per heavy atom. The molecule has 2 aromatic heterocycles. The zero-order valence-corrected chi connectivity index (χ0v) is 14.1. The molecule has 0 spiro atoms. The Bertz CT molecular complexity index is 948. The lowest BCUT2D eigenvalue weighted by atomic mass is 10.0. The predicted octanol–water partition coefficient (Wildman–Crippen LogP) is 3.34. The van der Waals surface area contributed by atoms with Gasteiger partial charge in [-0.1, -0.05) is 11.6 Å². The van der Waals surface area contributed by atoms with Gasteiger partial charge in [-0.3, -0.25) is 9.67 Å². The molecule has 0 saturated carbocycles. The van der Waals surface area contributed by atoms with Gasteiger partial charge in [-0.25, -0.2) is 4.79 Å². The van der Waals surface area contributed by atoms with Crippen LogP contribution < -0.4 is 0 Å². The smallest absolute Gasteiger partial charge is 0.336 e. The summed E-state index contributed by atoms with van der Waals surface area (Å²) in [5, 5.41) is 15.7. The van der Waals surface area contributed by atoms with Crippen molar-refractivity contribution in [3.05, 3.63) is 58.5 Å². The SMILES string of the molecule is O=C(O)c1ccncc1Cc1nn([C@H]2CCOC2)c2ccc(Cl)cc12. The van der Waals surface area contributed by atoms with E-state index >= 15 is 0 Å². The van der Waals surface area contributed by atoms with E-state index < -0.39 is 5.97 Å². The first-order chi connectivity index (χ1) is 12.1. The second kappa shape index (κ2) is 6.46. The number of aromatic nitrogens is 3. The van der Waals surface area contributed by atoms with E-state index in [4.69, 9.17) is 21.4 Å². The van der Waals surface area contributed by atoms with Crippen LogP contribution in [0.1, 0.15) is 34.1 Å². The molecule has 0 aliphatic carbocycles. The van der Waals surface area contributed by atoms with Crippen LogP contribution in [0.25, 0.3) is 10.9 Å². The van der Waals surface area contributed by atoms with Crippen LogP contribution in [0.5, 0.6) is 0 Å². The number of ether oxygens (including phenoxy) is 1. The van der Waals surface area contributed by atoms with Crippen LogP contribution >= 0.6 is 11.6 Å². The topological polar surface area (TPSA) is 77.2 Å². The zero-order chi connectivity index (χ0) is 17.4. The largest absolute Gasteiger partial charge is 0.478 e. The van der Waals surface area contributed by atoms with Crippen molar-refractivity contribution in [3.63, 3.8) is 0 Å². The molecule has 6 nitrogen and oxygen atoms in total. The maximum absolute atomic E-state index is 11.5. The summed E-state index contributed by atoms with van der Waals surface area (Å²) in [6, 6.07) is 7.37. The van der Waals surface area contributed by atoms with E-state index in [1.54, 1.807) is 6.20 Å². The van der Waals surface area contributed by atoms with Gasteiger partial charge in [-0.2, -0.15) is 5.10 Å². The second-order valence-corrected chi connectivity index (χ2v) is 6.52. The molecule has 1 fully saturated rings. The van der Waals surface area contributed by atoms with Gasteiger partial charge in [0.05, 0.1) is 29.4 Å². The standard InChI is InChI=1S/C18H16ClN3O3/c19-12-1-2-17-15(8-12)16(21-22(17)13-4-6-25-10-13)7-11-9-20-5-3-14(11)18(23)24/h1-3,5,8-9,13H,4,6-7,10H2,(H,23,24)/t13-/m0/s1. The molecule has 1 aromatic carbocycles. The van der Waals surface area contributed by atoms with Gasteiger partial charge in [-0.15, -0.1) is 0 Å². The van der Waals surface area contributed by atoms with Gasteiger partial charge in [0.25, 0.3) is 0 Å². The summed E-state index contributed by atoms with van der Waals surface area (Å²) in [7, 11) is 0. The Morgan fingerprint density at radius 1 is 1.40 bits per heavy atom. The third-order valence-electron chi connectivity index (χ3n) is 4.49. The van der Waals surface area contributed by atoms with Crippen molar-refractivity contribution >= 4 is 28.5 Å². The molecule has 0 unspecified atom stereocenters. The fourth-order valence-corrected chi connectivity index (χ4v) is 3.43. The summed E-state index contributed by atoms with van der Waals surface area (Å²) in [6.07, 6.45) is 4.35. The van der Waals surface area contributed by atoms with Crippen molar-refractivity contribution in [1.29, 1.82) is 0 Å². The monoisotopic (exact) mass is 357 g/mol. The Labute approximate surface area is 149 Å². The Balaban J connectivity index is 1.82. The van der Waals surface area contributed by atoms with Crippen molar-refractivity contribution in [1.82, 2.24) is 14.8 Å². The van der Waals surface area contributed by atoms with Crippen molar-refractivity contribution in [2.45, 2.75) is 18.9 Å². The van der Waals surface area contributed by atoms with Crippen molar-refractivity contribution in [2.75, 3.05) is 13.2 Å². The quantitative estimate of drug-likeness (QED) is 0.775. The summed E-state index contributed by atoms with van der Waals surface area (Å²) in [6.45, 7) is 1.35. The highest BCUT2D eigenvalue weighted by molar-refractivity contribution is 6.31. The number of fused-ring (bicyclic) bond motifs is 1. The molecule has 25 heavy (non-hydrogen) atoms. The Hall–Kier alpha value is -2.44. The average molecular weight is 358 g/mol.